The number of halogens is 1. The average molecular weight is 529 g/mol. The minimum atomic E-state index is -1.23. The normalized spacial score (nSPS) is 19.2. The van der Waals surface area contributed by atoms with E-state index in [9.17, 15) is 29.4 Å². The Labute approximate surface area is 217 Å². The predicted molar refractivity (Wildman–Crippen MR) is 131 cm³/mol. The van der Waals surface area contributed by atoms with Gasteiger partial charge < -0.3 is 25.2 Å². The predicted octanol–water partition coefficient (Wildman–Crippen LogP) is 1.97. The van der Waals surface area contributed by atoms with Crippen molar-refractivity contribution >= 4 is 41.1 Å². The molecule has 2 amide bonds. The molecule has 2 aliphatic heterocycles. The standard InChI is InChI=1S/C25H25ClN4O7/c1-3-6-37-25(36)29-12-27-10-16(29)11-28-20(32)8-15-5-4-14(7-18(15)26)17-9-19-21(13(2)31)23(33)30(19)22(17)24(34)35/h3-5,7,10,12-13,19,21,31H,1,6,8-9,11H2,2H3,(H,28,32)(H,34,35)/t13-,19-,21-/m1/s1. The summed E-state index contributed by atoms with van der Waals surface area (Å²) in [6, 6.07) is 4.44. The molecule has 2 aliphatic rings. The van der Waals surface area contributed by atoms with Crippen LogP contribution in [0.3, 0.4) is 0 Å². The molecule has 1 saturated heterocycles. The number of aliphatic hydroxyl groups is 1. The number of carboxylic acid groups (broad SMARTS) is 1. The third-order valence-corrected chi connectivity index (χ3v) is 6.74. The number of aliphatic carboxylic acids is 1. The molecule has 1 aromatic carbocycles. The number of fused-ring (bicyclic) bond motifs is 1. The molecule has 0 aliphatic carbocycles. The largest absolute Gasteiger partial charge is 0.477 e. The molecule has 0 bridgehead atoms. The maximum Gasteiger partial charge on any atom is 0.419 e. The second-order valence-corrected chi connectivity index (χ2v) is 9.17. The van der Waals surface area contributed by atoms with Crippen LogP contribution in [0.25, 0.3) is 5.57 Å². The second-order valence-electron chi connectivity index (χ2n) is 8.76. The third-order valence-electron chi connectivity index (χ3n) is 6.39. The molecule has 12 heteroatoms. The Kier molecular flexibility index (Phi) is 7.46. The number of benzene rings is 1. The molecular weight excluding hydrogens is 504 g/mol. The number of aromatic nitrogens is 2. The molecule has 11 nitrogen and oxygen atoms in total. The van der Waals surface area contributed by atoms with Crippen molar-refractivity contribution in [1.29, 1.82) is 0 Å². The number of amides is 2. The van der Waals surface area contributed by atoms with Crippen LogP contribution in [0, 0.1) is 5.92 Å². The van der Waals surface area contributed by atoms with E-state index in [1.165, 1.54) is 35.0 Å². The van der Waals surface area contributed by atoms with Gasteiger partial charge in [-0.15, -0.1) is 0 Å². The lowest BCUT2D eigenvalue weighted by Gasteiger charge is -2.44. The number of ether oxygens (including phenoxy) is 1. The summed E-state index contributed by atoms with van der Waals surface area (Å²) >= 11 is 6.44. The van der Waals surface area contributed by atoms with Crippen molar-refractivity contribution in [3.8, 4) is 0 Å². The molecule has 3 N–H and O–H groups in total. The van der Waals surface area contributed by atoms with Crippen LogP contribution in [0.5, 0.6) is 0 Å². The summed E-state index contributed by atoms with van der Waals surface area (Å²) in [5.74, 6) is -2.66. The first-order valence-electron chi connectivity index (χ1n) is 11.5. The van der Waals surface area contributed by atoms with Crippen molar-refractivity contribution in [3.05, 3.63) is 70.9 Å². The van der Waals surface area contributed by atoms with Crippen LogP contribution in [-0.2, 0) is 32.1 Å². The number of rotatable bonds is 9. The lowest BCUT2D eigenvalue weighted by atomic mass is 9.82. The molecule has 3 heterocycles. The SMILES string of the molecule is C=CCOC(=O)n1cncc1CNC(=O)Cc1ccc(C2=C(C(=O)O)N3C(=O)[C@H]([C@@H](C)O)[C@H]3C2)cc1Cl. The summed E-state index contributed by atoms with van der Waals surface area (Å²) in [5, 5.41) is 22.6. The number of β-lactam (4-membered cyclic amide) rings is 1. The second kappa shape index (κ2) is 10.6. The van der Waals surface area contributed by atoms with Crippen molar-refractivity contribution in [2.45, 2.75) is 38.5 Å². The van der Waals surface area contributed by atoms with Crippen LogP contribution in [-0.4, -0.2) is 67.3 Å². The minimum absolute atomic E-state index is 0.0300. The Morgan fingerprint density at radius 2 is 2.14 bits per heavy atom. The highest BCUT2D eigenvalue weighted by Gasteiger charge is 2.56. The zero-order valence-electron chi connectivity index (χ0n) is 19.9. The topological polar surface area (TPSA) is 151 Å². The van der Waals surface area contributed by atoms with E-state index in [0.717, 1.165) is 0 Å². The van der Waals surface area contributed by atoms with Crippen molar-refractivity contribution in [3.63, 3.8) is 0 Å². The number of aliphatic hydroxyl groups excluding tert-OH is 1. The monoisotopic (exact) mass is 528 g/mol. The van der Waals surface area contributed by atoms with Gasteiger partial charge in [0.05, 0.1) is 42.9 Å². The van der Waals surface area contributed by atoms with Gasteiger partial charge in [-0.05, 0) is 36.1 Å². The van der Waals surface area contributed by atoms with Crippen LogP contribution < -0.4 is 5.32 Å². The van der Waals surface area contributed by atoms with Crippen LogP contribution in [0.15, 0.2) is 49.1 Å². The number of carbonyl (C=O) groups is 4. The van der Waals surface area contributed by atoms with E-state index in [0.29, 0.717) is 22.4 Å². The first kappa shape index (κ1) is 26.1. The Balaban J connectivity index is 1.44. The van der Waals surface area contributed by atoms with Gasteiger partial charge in [-0.2, -0.15) is 0 Å². The summed E-state index contributed by atoms with van der Waals surface area (Å²) in [4.78, 5) is 54.1. The van der Waals surface area contributed by atoms with Gasteiger partial charge in [0.15, 0.2) is 0 Å². The molecule has 37 heavy (non-hydrogen) atoms. The van der Waals surface area contributed by atoms with Crippen molar-refractivity contribution < 1.29 is 34.1 Å². The summed E-state index contributed by atoms with van der Waals surface area (Å²) in [6.07, 6.45) is 2.84. The molecule has 3 atom stereocenters. The Morgan fingerprint density at radius 3 is 2.78 bits per heavy atom. The fourth-order valence-electron chi connectivity index (χ4n) is 4.65. The van der Waals surface area contributed by atoms with E-state index in [2.05, 4.69) is 16.9 Å². The highest BCUT2D eigenvalue weighted by atomic mass is 35.5. The highest BCUT2D eigenvalue weighted by Crippen LogP contribution is 2.47. The zero-order chi connectivity index (χ0) is 26.9. The average Bonchev–Trinajstić information content (AvgIpc) is 3.45. The Hall–Kier alpha value is -3.96. The van der Waals surface area contributed by atoms with E-state index in [4.69, 9.17) is 16.3 Å². The highest BCUT2D eigenvalue weighted by molar-refractivity contribution is 6.31. The number of imidazole rings is 1. The molecule has 1 fully saturated rings. The molecule has 194 valence electrons. The summed E-state index contributed by atoms with van der Waals surface area (Å²) in [6.45, 7) is 5.06. The lowest BCUT2D eigenvalue weighted by molar-refractivity contribution is -0.161. The number of hydrogen-bond acceptors (Lipinski definition) is 7. The summed E-state index contributed by atoms with van der Waals surface area (Å²) < 4.78 is 6.15. The van der Waals surface area contributed by atoms with Crippen LogP contribution in [0.1, 0.15) is 30.2 Å². The summed E-state index contributed by atoms with van der Waals surface area (Å²) in [7, 11) is 0. The van der Waals surface area contributed by atoms with Crippen molar-refractivity contribution in [2.75, 3.05) is 6.61 Å². The summed E-state index contributed by atoms with van der Waals surface area (Å²) in [5.41, 5.74) is 1.80. The zero-order valence-corrected chi connectivity index (χ0v) is 20.6. The first-order chi connectivity index (χ1) is 17.6. The van der Waals surface area contributed by atoms with Gasteiger partial charge in [0.2, 0.25) is 11.8 Å². The van der Waals surface area contributed by atoms with E-state index in [1.54, 1.807) is 18.2 Å². The van der Waals surface area contributed by atoms with Crippen molar-refractivity contribution in [2.24, 2.45) is 5.92 Å². The van der Waals surface area contributed by atoms with E-state index < -0.39 is 36.0 Å². The molecule has 0 radical (unpaired) electrons. The van der Waals surface area contributed by atoms with Gasteiger partial charge in [-0.25, -0.2) is 19.1 Å². The quantitative estimate of drug-likeness (QED) is 0.330. The van der Waals surface area contributed by atoms with Crippen LogP contribution in [0.2, 0.25) is 5.02 Å². The Bertz CT molecular complexity index is 1320. The van der Waals surface area contributed by atoms with Gasteiger partial charge in [-0.1, -0.05) is 36.4 Å². The maximum absolute atomic E-state index is 12.5. The first-order valence-corrected chi connectivity index (χ1v) is 11.8. The minimum Gasteiger partial charge on any atom is -0.477 e. The number of hydrogen-bond donors (Lipinski definition) is 3. The third kappa shape index (κ3) is 5.00. The molecule has 0 unspecified atom stereocenters. The molecule has 0 spiro atoms. The number of nitrogens with one attached hydrogen (secondary N) is 1. The van der Waals surface area contributed by atoms with Crippen molar-refractivity contribution in [1.82, 2.24) is 19.8 Å². The molecule has 0 saturated carbocycles. The van der Waals surface area contributed by atoms with Gasteiger partial charge >= 0.3 is 12.1 Å². The lowest BCUT2D eigenvalue weighted by Crippen LogP contribution is -2.61. The van der Waals surface area contributed by atoms with Crippen LogP contribution in [0.4, 0.5) is 4.79 Å². The van der Waals surface area contributed by atoms with Crippen LogP contribution >= 0.6 is 11.6 Å². The van der Waals surface area contributed by atoms with E-state index >= 15 is 0 Å². The Morgan fingerprint density at radius 1 is 1.38 bits per heavy atom. The van der Waals surface area contributed by atoms with Gasteiger partial charge in [-0.3, -0.25) is 9.59 Å². The maximum atomic E-state index is 12.5. The van der Waals surface area contributed by atoms with E-state index in [1.807, 2.05) is 0 Å². The van der Waals surface area contributed by atoms with Gasteiger partial charge in [0.25, 0.3) is 0 Å². The molecular formula is C25H25ClN4O7. The smallest absolute Gasteiger partial charge is 0.419 e. The number of carboxylic acids is 1. The fraction of sp³-hybridized carbons (Fsp3) is 0.320. The number of carbonyl (C=O) groups excluding carboxylic acids is 3. The van der Waals surface area contributed by atoms with E-state index in [-0.39, 0.29) is 42.6 Å². The van der Waals surface area contributed by atoms with Gasteiger partial charge in [0.1, 0.15) is 18.6 Å². The molecule has 2 aromatic rings. The molecule has 1 aromatic heterocycles. The molecule has 4 rings (SSSR count). The number of nitrogens with zero attached hydrogens (tertiary/aromatic N) is 3. The van der Waals surface area contributed by atoms with Gasteiger partial charge in [0, 0.05) is 5.02 Å². The fourth-order valence-corrected chi connectivity index (χ4v) is 4.89.